The summed E-state index contributed by atoms with van der Waals surface area (Å²) in [5, 5.41) is 2.98. The van der Waals surface area contributed by atoms with Crippen LogP contribution in [0.3, 0.4) is 0 Å². The Labute approximate surface area is 188 Å². The molecule has 0 bridgehead atoms. The molecule has 0 radical (unpaired) electrons. The number of carbonyl (C=O) groups is 3. The Kier molecular flexibility index (Phi) is 6.28. The van der Waals surface area contributed by atoms with Crippen LogP contribution in [-0.4, -0.2) is 33.8 Å². The second-order valence-electron chi connectivity index (χ2n) is 6.96. The van der Waals surface area contributed by atoms with Gasteiger partial charge in [0.25, 0.3) is 5.91 Å². The minimum Gasteiger partial charge on any atom is -0.454 e. The number of fused-ring (bicyclic) bond motifs is 1. The average molecular weight is 448 g/mol. The molecule has 0 aliphatic rings. The van der Waals surface area contributed by atoms with Gasteiger partial charge in [-0.3, -0.25) is 14.4 Å². The van der Waals surface area contributed by atoms with Crippen LogP contribution in [0.15, 0.2) is 79.1 Å². The fraction of sp³-hybridized carbons (Fsp3) is 0.0833. The van der Waals surface area contributed by atoms with Crippen LogP contribution in [-0.2, 0) is 20.9 Å². The number of hydrogen-bond donors (Lipinski definition) is 1. The summed E-state index contributed by atoms with van der Waals surface area (Å²) >= 11 is 6.06. The van der Waals surface area contributed by atoms with Crippen molar-refractivity contribution in [3.8, 4) is 0 Å². The zero-order chi connectivity index (χ0) is 22.5. The zero-order valence-corrected chi connectivity index (χ0v) is 17.6. The molecule has 0 atom stereocenters. The van der Waals surface area contributed by atoms with E-state index in [0.717, 1.165) is 11.0 Å². The second-order valence-corrected chi connectivity index (χ2v) is 7.39. The summed E-state index contributed by atoms with van der Waals surface area (Å²) in [5.74, 6) is -1.44. The molecule has 0 saturated heterocycles. The van der Waals surface area contributed by atoms with Crippen molar-refractivity contribution in [1.29, 1.82) is 0 Å². The molecule has 3 aromatic carbocycles. The smallest absolute Gasteiger partial charge is 0.326 e. The number of imidazole rings is 1. The highest BCUT2D eigenvalue weighted by atomic mass is 35.5. The first kappa shape index (κ1) is 21.3. The lowest BCUT2D eigenvalue weighted by molar-refractivity contribution is -0.147. The van der Waals surface area contributed by atoms with Crippen LogP contribution in [0.4, 0.5) is 5.69 Å². The normalized spacial score (nSPS) is 10.7. The minimum absolute atomic E-state index is 0.0769. The van der Waals surface area contributed by atoms with E-state index in [1.165, 1.54) is 12.1 Å². The summed E-state index contributed by atoms with van der Waals surface area (Å²) in [7, 11) is 0. The van der Waals surface area contributed by atoms with Gasteiger partial charge in [0.05, 0.1) is 23.0 Å². The number of ketones is 1. The molecule has 0 spiro atoms. The maximum absolute atomic E-state index is 12.8. The predicted octanol–water partition coefficient (Wildman–Crippen LogP) is 4.10. The van der Waals surface area contributed by atoms with Crippen LogP contribution < -0.4 is 5.32 Å². The highest BCUT2D eigenvalue weighted by Gasteiger charge is 2.17. The summed E-state index contributed by atoms with van der Waals surface area (Å²) in [6, 6.07) is 20.6. The van der Waals surface area contributed by atoms with E-state index >= 15 is 0 Å². The van der Waals surface area contributed by atoms with Crippen molar-refractivity contribution in [3.63, 3.8) is 0 Å². The molecule has 4 aromatic rings. The summed E-state index contributed by atoms with van der Waals surface area (Å²) in [4.78, 5) is 41.6. The van der Waals surface area contributed by atoms with Gasteiger partial charge in [-0.25, -0.2) is 4.98 Å². The molecule has 1 amide bonds. The third-order valence-corrected chi connectivity index (χ3v) is 4.96. The van der Waals surface area contributed by atoms with E-state index in [0.29, 0.717) is 10.6 Å². The number of benzene rings is 3. The van der Waals surface area contributed by atoms with Gasteiger partial charge in [0.15, 0.2) is 12.4 Å². The number of hydrogen-bond acceptors (Lipinski definition) is 5. The molecule has 0 aliphatic heterocycles. The number of esters is 1. The summed E-state index contributed by atoms with van der Waals surface area (Å²) in [6.45, 7) is -0.570. The molecule has 1 heterocycles. The Morgan fingerprint density at radius 1 is 0.969 bits per heavy atom. The third-order valence-electron chi connectivity index (χ3n) is 4.73. The van der Waals surface area contributed by atoms with Crippen molar-refractivity contribution in [2.24, 2.45) is 0 Å². The van der Waals surface area contributed by atoms with E-state index < -0.39 is 18.5 Å². The van der Waals surface area contributed by atoms with Crippen molar-refractivity contribution in [3.05, 3.63) is 95.3 Å². The molecule has 0 fully saturated rings. The van der Waals surface area contributed by atoms with Crippen LogP contribution in [0.2, 0.25) is 5.02 Å². The lowest BCUT2D eigenvalue weighted by Gasteiger charge is -2.12. The fourth-order valence-electron chi connectivity index (χ4n) is 3.21. The van der Waals surface area contributed by atoms with E-state index in [-0.39, 0.29) is 23.6 Å². The number of aromatic nitrogens is 2. The SMILES string of the molecule is O=C(COC(=O)Cn1cnc2ccccc21)Nc1ccc(Cl)cc1C(=O)c1ccccc1. The first-order valence-electron chi connectivity index (χ1n) is 9.76. The summed E-state index contributed by atoms with van der Waals surface area (Å²) in [5.41, 5.74) is 2.54. The summed E-state index contributed by atoms with van der Waals surface area (Å²) < 4.78 is 6.74. The number of nitrogens with one attached hydrogen (secondary N) is 1. The first-order valence-corrected chi connectivity index (χ1v) is 10.1. The standard InChI is InChI=1S/C24H18ClN3O4/c25-17-10-11-19(18(12-17)24(31)16-6-2-1-3-7-16)27-22(29)14-32-23(30)13-28-15-26-20-8-4-5-9-21(20)28/h1-12,15H,13-14H2,(H,27,29). The zero-order valence-electron chi connectivity index (χ0n) is 16.8. The number of halogens is 1. The molecule has 7 nitrogen and oxygen atoms in total. The van der Waals surface area contributed by atoms with Gasteiger partial charge in [-0.05, 0) is 30.3 Å². The van der Waals surface area contributed by atoms with Crippen LogP contribution in [0.1, 0.15) is 15.9 Å². The van der Waals surface area contributed by atoms with Gasteiger partial charge in [-0.15, -0.1) is 0 Å². The van der Waals surface area contributed by atoms with Gasteiger partial charge in [-0.2, -0.15) is 0 Å². The Hall–Kier alpha value is -3.97. The highest BCUT2D eigenvalue weighted by Crippen LogP contribution is 2.24. The number of rotatable bonds is 7. The molecule has 0 saturated carbocycles. The van der Waals surface area contributed by atoms with Crippen molar-refractivity contribution in [2.75, 3.05) is 11.9 Å². The van der Waals surface area contributed by atoms with Gasteiger partial charge in [0, 0.05) is 16.1 Å². The quantitative estimate of drug-likeness (QED) is 0.340. The van der Waals surface area contributed by atoms with E-state index in [1.807, 2.05) is 24.3 Å². The number of anilines is 1. The monoisotopic (exact) mass is 447 g/mol. The van der Waals surface area contributed by atoms with Gasteiger partial charge in [-0.1, -0.05) is 54.1 Å². The molecular formula is C24H18ClN3O4. The second kappa shape index (κ2) is 9.45. The Morgan fingerprint density at radius 3 is 2.53 bits per heavy atom. The predicted molar refractivity (Wildman–Crippen MR) is 121 cm³/mol. The molecule has 32 heavy (non-hydrogen) atoms. The van der Waals surface area contributed by atoms with E-state index in [4.69, 9.17) is 16.3 Å². The summed E-state index contributed by atoms with van der Waals surface area (Å²) in [6.07, 6.45) is 1.54. The van der Waals surface area contributed by atoms with E-state index in [2.05, 4.69) is 10.3 Å². The van der Waals surface area contributed by atoms with Crippen LogP contribution in [0.5, 0.6) is 0 Å². The van der Waals surface area contributed by atoms with E-state index in [1.54, 1.807) is 47.3 Å². The molecule has 1 aromatic heterocycles. The molecule has 8 heteroatoms. The number of para-hydroxylation sites is 2. The molecule has 1 N–H and O–H groups in total. The number of carbonyl (C=O) groups excluding carboxylic acids is 3. The molecular weight excluding hydrogens is 430 g/mol. The van der Waals surface area contributed by atoms with Crippen molar-refractivity contribution < 1.29 is 19.1 Å². The topological polar surface area (TPSA) is 90.3 Å². The average Bonchev–Trinajstić information content (AvgIpc) is 3.22. The number of ether oxygens (including phenoxy) is 1. The van der Waals surface area contributed by atoms with Crippen LogP contribution in [0, 0.1) is 0 Å². The number of amides is 1. The Bertz CT molecular complexity index is 1300. The van der Waals surface area contributed by atoms with Crippen molar-refractivity contribution >= 4 is 46.0 Å². The highest BCUT2D eigenvalue weighted by molar-refractivity contribution is 6.31. The first-order chi connectivity index (χ1) is 15.5. The minimum atomic E-state index is -0.583. The third kappa shape index (κ3) is 4.84. The van der Waals surface area contributed by atoms with Gasteiger partial charge < -0.3 is 14.6 Å². The Morgan fingerprint density at radius 2 is 1.72 bits per heavy atom. The lowest BCUT2D eigenvalue weighted by Crippen LogP contribution is -2.23. The van der Waals surface area contributed by atoms with Crippen molar-refractivity contribution in [1.82, 2.24) is 9.55 Å². The fourth-order valence-corrected chi connectivity index (χ4v) is 3.38. The van der Waals surface area contributed by atoms with Crippen LogP contribution in [0.25, 0.3) is 11.0 Å². The molecule has 160 valence electrons. The van der Waals surface area contributed by atoms with Gasteiger partial charge in [0.2, 0.25) is 0 Å². The maximum Gasteiger partial charge on any atom is 0.326 e. The molecule has 0 unspecified atom stereocenters. The Balaban J connectivity index is 1.40. The molecule has 4 rings (SSSR count). The molecule has 0 aliphatic carbocycles. The van der Waals surface area contributed by atoms with Crippen molar-refractivity contribution in [2.45, 2.75) is 6.54 Å². The lowest BCUT2D eigenvalue weighted by atomic mass is 10.0. The maximum atomic E-state index is 12.8. The number of nitrogens with zero attached hydrogens (tertiary/aromatic N) is 2. The van der Waals surface area contributed by atoms with Gasteiger partial charge >= 0.3 is 5.97 Å². The van der Waals surface area contributed by atoms with E-state index in [9.17, 15) is 14.4 Å². The van der Waals surface area contributed by atoms with Crippen LogP contribution >= 0.6 is 11.6 Å². The van der Waals surface area contributed by atoms with Gasteiger partial charge in [0.1, 0.15) is 6.54 Å². The largest absolute Gasteiger partial charge is 0.454 e.